The smallest absolute Gasteiger partial charge is 0.358 e. The minimum atomic E-state index is -1.12. The van der Waals surface area contributed by atoms with Gasteiger partial charge in [0.05, 0.1) is 16.7 Å². The molecule has 0 aliphatic rings. The maximum absolute atomic E-state index is 13.6. The topological polar surface area (TPSA) is 68.0 Å². The molecule has 0 amide bonds. The van der Waals surface area contributed by atoms with E-state index in [-0.39, 0.29) is 18.1 Å². The van der Waals surface area contributed by atoms with Crippen LogP contribution in [0.2, 0.25) is 0 Å². The molecule has 1 aromatic heterocycles. The molecule has 2 rings (SSSR count). The zero-order chi connectivity index (χ0) is 15.8. The van der Waals surface area contributed by atoms with Gasteiger partial charge in [0.15, 0.2) is 5.69 Å². The summed E-state index contributed by atoms with van der Waals surface area (Å²) in [5.41, 5.74) is 0.653. The molecule has 0 radical (unpaired) electrons. The molecule has 0 unspecified atom stereocenters. The number of carboxylic acid groups (broad SMARTS) is 1. The molecule has 1 aromatic carbocycles. The molecule has 0 spiro atoms. The Bertz CT molecular complexity index is 692. The van der Waals surface area contributed by atoms with Crippen LogP contribution in [0, 0.1) is 5.82 Å². The molecule has 0 aliphatic heterocycles. The molecule has 0 bridgehead atoms. The van der Waals surface area contributed by atoms with Crippen molar-refractivity contribution in [2.45, 2.75) is 32.7 Å². The summed E-state index contributed by atoms with van der Waals surface area (Å²) < 4.78 is 15.4. The number of hydrogen-bond acceptors (Lipinski definition) is 3. The van der Waals surface area contributed by atoms with E-state index in [4.69, 9.17) is 0 Å². The van der Waals surface area contributed by atoms with Gasteiger partial charge in [-0.1, -0.05) is 38.1 Å². The normalized spacial score (nSPS) is 11.7. The second-order valence-electron chi connectivity index (χ2n) is 5.71. The highest BCUT2D eigenvalue weighted by Gasteiger charge is 2.29. The van der Waals surface area contributed by atoms with Crippen molar-refractivity contribution in [3.05, 3.63) is 45.4 Å². The van der Waals surface area contributed by atoms with Crippen LogP contribution in [0.4, 0.5) is 4.39 Å². The van der Waals surface area contributed by atoms with E-state index >= 15 is 0 Å². The fourth-order valence-corrected chi connectivity index (χ4v) is 2.53. The van der Waals surface area contributed by atoms with E-state index in [9.17, 15) is 14.3 Å². The van der Waals surface area contributed by atoms with Gasteiger partial charge in [-0.15, -0.1) is 5.10 Å². The molecule has 0 saturated heterocycles. The van der Waals surface area contributed by atoms with Crippen molar-refractivity contribution in [2.75, 3.05) is 0 Å². The van der Waals surface area contributed by atoms with Crippen LogP contribution in [0.5, 0.6) is 0 Å². The number of rotatable bonds is 3. The van der Waals surface area contributed by atoms with Crippen LogP contribution in [0.3, 0.4) is 0 Å². The van der Waals surface area contributed by atoms with E-state index < -0.39 is 11.4 Å². The largest absolute Gasteiger partial charge is 0.476 e. The SMILES string of the molecule is CC(C)(C)c1c(C(=O)O)nnn1Cc1cccc(F)c1Br. The van der Waals surface area contributed by atoms with Gasteiger partial charge in [0.1, 0.15) is 5.82 Å². The number of hydrogen-bond donors (Lipinski definition) is 1. The summed E-state index contributed by atoms with van der Waals surface area (Å²) in [6, 6.07) is 4.70. The monoisotopic (exact) mass is 355 g/mol. The minimum absolute atomic E-state index is 0.0741. The number of carboxylic acids is 1. The maximum Gasteiger partial charge on any atom is 0.358 e. The average Bonchev–Trinajstić information content (AvgIpc) is 2.79. The average molecular weight is 356 g/mol. The van der Waals surface area contributed by atoms with E-state index in [1.165, 1.54) is 10.7 Å². The van der Waals surface area contributed by atoms with Gasteiger partial charge in [0, 0.05) is 5.41 Å². The molecule has 0 atom stereocenters. The minimum Gasteiger partial charge on any atom is -0.476 e. The zero-order valence-corrected chi connectivity index (χ0v) is 13.5. The number of nitrogens with zero attached hydrogens (tertiary/aromatic N) is 3. The highest BCUT2D eigenvalue weighted by atomic mass is 79.9. The lowest BCUT2D eigenvalue weighted by Crippen LogP contribution is -2.22. The Balaban J connectivity index is 2.50. The first-order valence-electron chi connectivity index (χ1n) is 6.32. The third kappa shape index (κ3) is 3.12. The highest BCUT2D eigenvalue weighted by Crippen LogP contribution is 2.27. The Hall–Kier alpha value is -1.76. The van der Waals surface area contributed by atoms with E-state index in [0.29, 0.717) is 15.7 Å². The third-order valence-corrected chi connectivity index (χ3v) is 3.89. The van der Waals surface area contributed by atoms with Crippen molar-refractivity contribution >= 4 is 21.9 Å². The van der Waals surface area contributed by atoms with Crippen molar-refractivity contribution in [1.82, 2.24) is 15.0 Å². The lowest BCUT2D eigenvalue weighted by Gasteiger charge is -2.20. The predicted octanol–water partition coefficient (Wildman–Crippen LogP) is 3.22. The van der Waals surface area contributed by atoms with Crippen LogP contribution < -0.4 is 0 Å². The van der Waals surface area contributed by atoms with E-state index in [0.717, 1.165) is 0 Å². The maximum atomic E-state index is 13.6. The molecule has 21 heavy (non-hydrogen) atoms. The second kappa shape index (κ2) is 5.55. The summed E-state index contributed by atoms with van der Waals surface area (Å²) in [5, 5.41) is 16.9. The first kappa shape index (κ1) is 15.6. The van der Waals surface area contributed by atoms with Crippen LogP contribution in [0.1, 0.15) is 42.5 Å². The first-order valence-corrected chi connectivity index (χ1v) is 7.11. The molecule has 2 aromatic rings. The number of aromatic nitrogens is 3. The molecular formula is C14H15BrFN3O2. The quantitative estimate of drug-likeness (QED) is 0.917. The summed E-state index contributed by atoms with van der Waals surface area (Å²) in [4.78, 5) is 11.3. The van der Waals surface area contributed by atoms with E-state index in [1.807, 2.05) is 20.8 Å². The van der Waals surface area contributed by atoms with Gasteiger partial charge in [-0.3, -0.25) is 0 Å². The molecule has 5 nitrogen and oxygen atoms in total. The number of benzene rings is 1. The summed E-state index contributed by atoms with van der Waals surface area (Å²) in [6.45, 7) is 5.89. The Kier molecular flexibility index (Phi) is 4.13. The zero-order valence-electron chi connectivity index (χ0n) is 11.9. The number of aromatic carboxylic acids is 1. The molecule has 112 valence electrons. The summed E-state index contributed by atoms with van der Waals surface area (Å²) in [6.07, 6.45) is 0. The van der Waals surface area contributed by atoms with Crippen molar-refractivity contribution < 1.29 is 14.3 Å². The Morgan fingerprint density at radius 1 is 1.43 bits per heavy atom. The lowest BCUT2D eigenvalue weighted by molar-refractivity contribution is 0.0687. The molecule has 1 N–H and O–H groups in total. The van der Waals surface area contributed by atoms with Gasteiger partial charge in [-0.2, -0.15) is 0 Å². The van der Waals surface area contributed by atoms with Crippen molar-refractivity contribution in [2.24, 2.45) is 0 Å². The van der Waals surface area contributed by atoms with E-state index in [1.54, 1.807) is 12.1 Å². The van der Waals surface area contributed by atoms with Gasteiger partial charge >= 0.3 is 5.97 Å². The van der Waals surface area contributed by atoms with Gasteiger partial charge < -0.3 is 5.11 Å². The highest BCUT2D eigenvalue weighted by molar-refractivity contribution is 9.10. The molecular weight excluding hydrogens is 341 g/mol. The number of halogens is 2. The lowest BCUT2D eigenvalue weighted by atomic mass is 9.90. The van der Waals surface area contributed by atoms with Crippen molar-refractivity contribution in [3.63, 3.8) is 0 Å². The molecule has 7 heteroatoms. The van der Waals surface area contributed by atoms with Crippen molar-refractivity contribution in [3.8, 4) is 0 Å². The molecule has 0 fully saturated rings. The van der Waals surface area contributed by atoms with E-state index in [2.05, 4.69) is 26.2 Å². The second-order valence-corrected chi connectivity index (χ2v) is 6.51. The van der Waals surface area contributed by atoms with Crippen LogP contribution in [0.25, 0.3) is 0 Å². The van der Waals surface area contributed by atoms with Gasteiger partial charge in [0.2, 0.25) is 0 Å². The Labute approximate surface area is 129 Å². The van der Waals surface area contributed by atoms with Crippen LogP contribution >= 0.6 is 15.9 Å². The Morgan fingerprint density at radius 3 is 2.67 bits per heavy atom. The summed E-state index contributed by atoms with van der Waals surface area (Å²) in [5.74, 6) is -1.49. The van der Waals surface area contributed by atoms with Crippen molar-refractivity contribution in [1.29, 1.82) is 0 Å². The van der Waals surface area contributed by atoms with Gasteiger partial charge in [0.25, 0.3) is 0 Å². The predicted molar refractivity (Wildman–Crippen MR) is 78.9 cm³/mol. The summed E-state index contributed by atoms with van der Waals surface area (Å²) >= 11 is 3.20. The molecule has 0 aliphatic carbocycles. The van der Waals surface area contributed by atoms with Crippen LogP contribution in [-0.4, -0.2) is 26.1 Å². The summed E-state index contributed by atoms with van der Waals surface area (Å²) in [7, 11) is 0. The van der Waals surface area contributed by atoms with Crippen LogP contribution in [-0.2, 0) is 12.0 Å². The fraction of sp³-hybridized carbons (Fsp3) is 0.357. The fourth-order valence-electron chi connectivity index (χ4n) is 2.14. The molecule has 1 heterocycles. The number of carbonyl (C=O) groups is 1. The Morgan fingerprint density at radius 2 is 2.10 bits per heavy atom. The van der Waals surface area contributed by atoms with Crippen LogP contribution in [0.15, 0.2) is 22.7 Å². The standard InChI is InChI=1S/C14H15BrFN3O2/c1-14(2,3)12-11(13(20)21)17-18-19(12)7-8-5-4-6-9(16)10(8)15/h4-6H,7H2,1-3H3,(H,20,21). The van der Waals surface area contributed by atoms with Gasteiger partial charge in [-0.25, -0.2) is 13.9 Å². The third-order valence-electron chi connectivity index (χ3n) is 3.00. The van der Waals surface area contributed by atoms with Gasteiger partial charge in [-0.05, 0) is 27.6 Å². The first-order chi connectivity index (χ1) is 9.71. The molecule has 0 saturated carbocycles.